The lowest BCUT2D eigenvalue weighted by atomic mass is 9.85. The molecule has 0 radical (unpaired) electrons. The van der Waals surface area contributed by atoms with Gasteiger partial charge in [0.1, 0.15) is 0 Å². The van der Waals surface area contributed by atoms with E-state index in [0.717, 1.165) is 11.3 Å². The zero-order valence-electron chi connectivity index (χ0n) is 13.5. The molecule has 0 heterocycles. The molecule has 1 unspecified atom stereocenters. The van der Waals surface area contributed by atoms with Gasteiger partial charge in [-0.3, -0.25) is 4.79 Å². The lowest BCUT2D eigenvalue weighted by Gasteiger charge is -2.22. The minimum Gasteiger partial charge on any atom is -0.382 e. The molecule has 3 nitrogen and oxygen atoms in total. The fourth-order valence-corrected chi connectivity index (χ4v) is 3.05. The third-order valence-electron chi connectivity index (χ3n) is 4.41. The number of carbonyl (C=O) groups excluding carboxylic acids is 1. The first kappa shape index (κ1) is 15.9. The molecule has 0 aliphatic heterocycles. The molecular weight excluding hydrogens is 260 g/mol. The molecule has 1 aliphatic rings. The van der Waals surface area contributed by atoms with E-state index in [1.807, 2.05) is 25.1 Å². The third-order valence-corrected chi connectivity index (χ3v) is 4.41. The molecule has 1 saturated carbocycles. The van der Waals surface area contributed by atoms with Crippen molar-refractivity contribution < 1.29 is 4.79 Å². The lowest BCUT2D eigenvalue weighted by molar-refractivity contribution is 0.0956. The second kappa shape index (κ2) is 6.97. The molecule has 1 atom stereocenters. The van der Waals surface area contributed by atoms with Crippen LogP contribution < -0.4 is 10.6 Å². The first-order chi connectivity index (χ1) is 10.00. The lowest BCUT2D eigenvalue weighted by Crippen LogP contribution is -2.23. The van der Waals surface area contributed by atoms with Crippen LogP contribution in [0.5, 0.6) is 0 Å². The van der Waals surface area contributed by atoms with Crippen molar-refractivity contribution in [3.05, 3.63) is 29.8 Å². The molecule has 116 valence electrons. The van der Waals surface area contributed by atoms with Crippen LogP contribution in [-0.2, 0) is 0 Å². The van der Waals surface area contributed by atoms with Gasteiger partial charge in [-0.1, -0.05) is 26.3 Å². The maximum atomic E-state index is 11.9. The Morgan fingerprint density at radius 3 is 2.86 bits per heavy atom. The zero-order valence-corrected chi connectivity index (χ0v) is 13.5. The number of carbonyl (C=O) groups is 1. The van der Waals surface area contributed by atoms with Crippen molar-refractivity contribution in [2.24, 2.45) is 5.41 Å². The molecule has 1 aromatic rings. The van der Waals surface area contributed by atoms with Crippen LogP contribution in [0.1, 0.15) is 63.2 Å². The number of amides is 1. The van der Waals surface area contributed by atoms with Crippen molar-refractivity contribution in [1.82, 2.24) is 5.32 Å². The number of anilines is 1. The summed E-state index contributed by atoms with van der Waals surface area (Å²) in [7, 11) is 0. The summed E-state index contributed by atoms with van der Waals surface area (Å²) < 4.78 is 0. The maximum absolute atomic E-state index is 11.9. The highest BCUT2D eigenvalue weighted by Crippen LogP contribution is 2.34. The van der Waals surface area contributed by atoms with E-state index in [1.54, 1.807) is 0 Å². The van der Waals surface area contributed by atoms with Gasteiger partial charge in [-0.05, 0) is 56.2 Å². The smallest absolute Gasteiger partial charge is 0.251 e. The predicted octanol–water partition coefficient (Wildman–Crippen LogP) is 4.21. The highest BCUT2D eigenvalue weighted by molar-refractivity contribution is 5.95. The van der Waals surface area contributed by atoms with E-state index >= 15 is 0 Å². The van der Waals surface area contributed by atoms with E-state index in [2.05, 4.69) is 30.5 Å². The van der Waals surface area contributed by atoms with Crippen LogP contribution >= 0.6 is 0 Å². The quantitative estimate of drug-likeness (QED) is 0.815. The first-order valence-corrected chi connectivity index (χ1v) is 8.15. The summed E-state index contributed by atoms with van der Waals surface area (Å²) in [6.45, 7) is 7.33. The minimum absolute atomic E-state index is 0.00292. The van der Waals surface area contributed by atoms with E-state index in [-0.39, 0.29) is 5.91 Å². The Morgan fingerprint density at radius 1 is 1.29 bits per heavy atom. The predicted molar refractivity (Wildman–Crippen MR) is 88.7 cm³/mol. The maximum Gasteiger partial charge on any atom is 0.251 e. The second-order valence-corrected chi connectivity index (χ2v) is 6.88. The van der Waals surface area contributed by atoms with Crippen LogP contribution in [0.15, 0.2) is 24.3 Å². The normalized spacial score (nSPS) is 21.4. The highest BCUT2D eigenvalue weighted by Gasteiger charge is 2.24. The Kier molecular flexibility index (Phi) is 5.27. The number of hydrogen-bond donors (Lipinski definition) is 2. The van der Waals surface area contributed by atoms with Crippen LogP contribution in [0.4, 0.5) is 5.69 Å². The van der Waals surface area contributed by atoms with E-state index in [4.69, 9.17) is 0 Å². The molecule has 1 fully saturated rings. The molecule has 1 aromatic carbocycles. The van der Waals surface area contributed by atoms with Crippen molar-refractivity contribution in [3.63, 3.8) is 0 Å². The van der Waals surface area contributed by atoms with E-state index in [0.29, 0.717) is 18.0 Å². The average Bonchev–Trinajstić information content (AvgIpc) is 2.61. The van der Waals surface area contributed by atoms with Crippen LogP contribution in [-0.4, -0.2) is 18.5 Å². The van der Waals surface area contributed by atoms with Gasteiger partial charge < -0.3 is 10.6 Å². The first-order valence-electron chi connectivity index (χ1n) is 8.15. The summed E-state index contributed by atoms with van der Waals surface area (Å²) in [5.74, 6) is 0.00292. The monoisotopic (exact) mass is 288 g/mol. The third kappa shape index (κ3) is 4.76. The summed E-state index contributed by atoms with van der Waals surface area (Å²) in [6.07, 6.45) is 6.28. The molecule has 2 rings (SSSR count). The van der Waals surface area contributed by atoms with Crippen LogP contribution in [0.2, 0.25) is 0 Å². The Bertz CT molecular complexity index is 482. The van der Waals surface area contributed by atoms with Crippen molar-refractivity contribution in [1.29, 1.82) is 0 Å². The van der Waals surface area contributed by atoms with Crippen molar-refractivity contribution in [3.8, 4) is 0 Å². The number of rotatable bonds is 4. The Labute approximate surface area is 128 Å². The van der Waals surface area contributed by atoms with Gasteiger partial charge in [-0.25, -0.2) is 0 Å². The molecule has 0 spiro atoms. The molecule has 21 heavy (non-hydrogen) atoms. The van der Waals surface area contributed by atoms with Gasteiger partial charge in [0, 0.05) is 23.8 Å². The van der Waals surface area contributed by atoms with Gasteiger partial charge in [0.05, 0.1) is 0 Å². The summed E-state index contributed by atoms with van der Waals surface area (Å²) in [5.41, 5.74) is 2.26. The standard InChI is InChI=1S/C18H28N2O/c1-4-19-17(21)14-7-5-8-16(13-14)20-15-9-6-11-18(2,3)12-10-15/h5,7-8,13,15,20H,4,6,9-12H2,1-3H3,(H,19,21). The van der Waals surface area contributed by atoms with E-state index in [9.17, 15) is 4.79 Å². The van der Waals surface area contributed by atoms with Gasteiger partial charge in [0.2, 0.25) is 0 Å². The number of nitrogens with one attached hydrogen (secondary N) is 2. The highest BCUT2D eigenvalue weighted by atomic mass is 16.1. The van der Waals surface area contributed by atoms with Crippen LogP contribution in [0, 0.1) is 5.41 Å². The van der Waals surface area contributed by atoms with Gasteiger partial charge in [-0.2, -0.15) is 0 Å². The fraction of sp³-hybridized carbons (Fsp3) is 0.611. The summed E-state index contributed by atoms with van der Waals surface area (Å²) in [6, 6.07) is 8.36. The van der Waals surface area contributed by atoms with E-state index in [1.165, 1.54) is 32.1 Å². The van der Waals surface area contributed by atoms with Gasteiger partial charge in [-0.15, -0.1) is 0 Å². The number of benzene rings is 1. The molecule has 0 saturated heterocycles. The molecule has 3 heteroatoms. The Balaban J connectivity index is 1.99. The van der Waals surface area contributed by atoms with Gasteiger partial charge >= 0.3 is 0 Å². The summed E-state index contributed by atoms with van der Waals surface area (Å²) >= 11 is 0. The molecule has 0 bridgehead atoms. The SMILES string of the molecule is CCNC(=O)c1cccc(NC2CCCC(C)(C)CC2)c1. The largest absolute Gasteiger partial charge is 0.382 e. The topological polar surface area (TPSA) is 41.1 Å². The molecule has 1 amide bonds. The van der Waals surface area contributed by atoms with Gasteiger partial charge in [0.25, 0.3) is 5.91 Å². The number of hydrogen-bond acceptors (Lipinski definition) is 2. The van der Waals surface area contributed by atoms with Crippen molar-refractivity contribution in [2.75, 3.05) is 11.9 Å². The van der Waals surface area contributed by atoms with Crippen LogP contribution in [0.3, 0.4) is 0 Å². The second-order valence-electron chi connectivity index (χ2n) is 6.88. The zero-order chi connectivity index (χ0) is 15.3. The molecule has 2 N–H and O–H groups in total. The summed E-state index contributed by atoms with van der Waals surface area (Å²) in [5, 5.41) is 6.46. The van der Waals surface area contributed by atoms with Crippen molar-refractivity contribution >= 4 is 11.6 Å². The minimum atomic E-state index is 0.00292. The molecule has 0 aromatic heterocycles. The van der Waals surface area contributed by atoms with Gasteiger partial charge in [0.15, 0.2) is 0 Å². The average molecular weight is 288 g/mol. The Hall–Kier alpha value is -1.51. The molecule has 1 aliphatic carbocycles. The van der Waals surface area contributed by atoms with Crippen LogP contribution in [0.25, 0.3) is 0 Å². The summed E-state index contributed by atoms with van der Waals surface area (Å²) in [4.78, 5) is 11.9. The Morgan fingerprint density at radius 2 is 2.10 bits per heavy atom. The van der Waals surface area contributed by atoms with Crippen molar-refractivity contribution in [2.45, 2.75) is 58.9 Å². The fourth-order valence-electron chi connectivity index (χ4n) is 3.05. The molecular formula is C18H28N2O. The van der Waals surface area contributed by atoms with E-state index < -0.39 is 0 Å².